The fraction of sp³-hybridized carbons (Fsp3) is 0.400. The number of nitrogens with two attached hydrogens (primary N) is 1. The van der Waals surface area contributed by atoms with Crippen molar-refractivity contribution in [1.29, 1.82) is 0 Å². The average Bonchev–Trinajstić information content (AvgIpc) is 2.99. The quantitative estimate of drug-likeness (QED) is 0.832. The predicted octanol–water partition coefficient (Wildman–Crippen LogP) is 3.19. The van der Waals surface area contributed by atoms with E-state index in [-0.39, 0.29) is 0 Å². The van der Waals surface area contributed by atoms with E-state index in [9.17, 15) is 0 Å². The Balaban J connectivity index is 2.03. The van der Waals surface area contributed by atoms with E-state index in [0.29, 0.717) is 11.8 Å². The summed E-state index contributed by atoms with van der Waals surface area (Å²) in [4.78, 5) is 4.85. The molecule has 2 aliphatic carbocycles. The lowest BCUT2D eigenvalue weighted by Gasteiger charge is -2.18. The highest BCUT2D eigenvalue weighted by molar-refractivity contribution is 5.93. The molecule has 1 fully saturated rings. The maximum Gasteiger partial charge on any atom is 0.121 e. The molecule has 1 aromatic heterocycles. The van der Waals surface area contributed by atoms with Gasteiger partial charge in [-0.1, -0.05) is 0 Å². The van der Waals surface area contributed by atoms with Crippen molar-refractivity contribution < 1.29 is 4.74 Å². The molecule has 2 N–H and O–H groups in total. The maximum atomic E-state index is 6.37. The third-order valence-electron chi connectivity index (χ3n) is 4.53. The zero-order valence-electron chi connectivity index (χ0n) is 10.4. The summed E-state index contributed by atoms with van der Waals surface area (Å²) in [5.74, 6) is 2.14. The second-order valence-electron chi connectivity index (χ2n) is 5.41. The molecule has 3 nitrogen and oxygen atoms in total. The number of benzene rings is 1. The molecular weight excluding hydrogens is 224 g/mol. The second kappa shape index (κ2) is 3.37. The minimum Gasteiger partial charge on any atom is -0.497 e. The molecule has 1 saturated carbocycles. The number of ether oxygens (including phenoxy) is 1. The van der Waals surface area contributed by atoms with Gasteiger partial charge >= 0.3 is 0 Å². The molecule has 2 bridgehead atoms. The number of nitrogen functional groups attached to an aromatic ring is 1. The van der Waals surface area contributed by atoms with Gasteiger partial charge in [-0.3, -0.25) is 4.98 Å². The van der Waals surface area contributed by atoms with Crippen molar-refractivity contribution in [2.45, 2.75) is 31.1 Å². The van der Waals surface area contributed by atoms with Crippen LogP contribution in [0.4, 0.5) is 5.69 Å². The summed E-state index contributed by atoms with van der Waals surface area (Å²) in [6.45, 7) is 0. The molecule has 2 unspecified atom stereocenters. The van der Waals surface area contributed by atoms with E-state index in [1.165, 1.54) is 30.5 Å². The van der Waals surface area contributed by atoms with Crippen molar-refractivity contribution in [3.05, 3.63) is 29.5 Å². The van der Waals surface area contributed by atoms with E-state index < -0.39 is 0 Å². The number of hydrogen-bond donors (Lipinski definition) is 1. The fourth-order valence-corrected chi connectivity index (χ4v) is 3.66. The number of nitrogens with zero attached hydrogens (tertiary/aromatic N) is 1. The highest BCUT2D eigenvalue weighted by atomic mass is 16.5. The van der Waals surface area contributed by atoms with E-state index in [0.717, 1.165) is 22.3 Å². The van der Waals surface area contributed by atoms with Crippen LogP contribution in [0.15, 0.2) is 18.2 Å². The number of hydrogen-bond acceptors (Lipinski definition) is 3. The van der Waals surface area contributed by atoms with Gasteiger partial charge in [0.1, 0.15) is 5.75 Å². The Morgan fingerprint density at radius 3 is 2.94 bits per heavy atom. The zero-order valence-corrected chi connectivity index (χ0v) is 10.4. The van der Waals surface area contributed by atoms with E-state index in [1.54, 1.807) is 7.11 Å². The molecule has 0 aliphatic heterocycles. The van der Waals surface area contributed by atoms with Crippen LogP contribution in [0.25, 0.3) is 10.9 Å². The summed E-state index contributed by atoms with van der Waals surface area (Å²) in [5.41, 5.74) is 10.9. The molecular formula is C15H16N2O. The maximum absolute atomic E-state index is 6.37. The summed E-state index contributed by atoms with van der Waals surface area (Å²) >= 11 is 0. The van der Waals surface area contributed by atoms with Crippen LogP contribution < -0.4 is 10.5 Å². The standard InChI is InChI=1S/C15H16N2O/c1-18-10-4-5-11-12(7-10)17-15-9-3-2-8(6-9)13(15)14(11)16/h4-5,7-9H,2-3,6H2,1H3,(H2,16,17). The predicted molar refractivity (Wildman–Crippen MR) is 72.0 cm³/mol. The topological polar surface area (TPSA) is 48.1 Å². The average molecular weight is 240 g/mol. The molecule has 4 rings (SSSR count). The van der Waals surface area contributed by atoms with Crippen molar-refractivity contribution in [1.82, 2.24) is 4.98 Å². The SMILES string of the molecule is COc1ccc2c(N)c3c(nc2c1)C1CCC3C1. The first-order chi connectivity index (χ1) is 8.78. The van der Waals surface area contributed by atoms with Crippen molar-refractivity contribution in [3.63, 3.8) is 0 Å². The number of fused-ring (bicyclic) bond motifs is 6. The van der Waals surface area contributed by atoms with Crippen LogP contribution in [-0.4, -0.2) is 12.1 Å². The molecule has 2 aromatic rings. The van der Waals surface area contributed by atoms with Gasteiger partial charge in [-0.15, -0.1) is 0 Å². The third kappa shape index (κ3) is 1.17. The van der Waals surface area contributed by atoms with Gasteiger partial charge in [0.15, 0.2) is 0 Å². The van der Waals surface area contributed by atoms with Crippen LogP contribution in [0.2, 0.25) is 0 Å². The molecule has 18 heavy (non-hydrogen) atoms. The summed E-state index contributed by atoms with van der Waals surface area (Å²) < 4.78 is 5.26. The lowest BCUT2D eigenvalue weighted by molar-refractivity contribution is 0.415. The molecule has 0 radical (unpaired) electrons. The summed E-state index contributed by atoms with van der Waals surface area (Å²) in [6.07, 6.45) is 3.81. The Morgan fingerprint density at radius 2 is 2.11 bits per heavy atom. The van der Waals surface area contributed by atoms with E-state index >= 15 is 0 Å². The van der Waals surface area contributed by atoms with Crippen LogP contribution in [0.1, 0.15) is 42.4 Å². The zero-order chi connectivity index (χ0) is 12.3. The number of anilines is 1. The Bertz CT molecular complexity index is 650. The highest BCUT2D eigenvalue weighted by Crippen LogP contribution is 2.55. The Hall–Kier alpha value is -1.77. The number of aromatic nitrogens is 1. The van der Waals surface area contributed by atoms with E-state index in [1.807, 2.05) is 18.2 Å². The van der Waals surface area contributed by atoms with Gasteiger partial charge in [0.25, 0.3) is 0 Å². The molecule has 0 amide bonds. The Kier molecular flexibility index (Phi) is 1.91. The van der Waals surface area contributed by atoms with Crippen LogP contribution in [0.3, 0.4) is 0 Å². The third-order valence-corrected chi connectivity index (χ3v) is 4.53. The lowest BCUT2D eigenvalue weighted by Crippen LogP contribution is -2.06. The van der Waals surface area contributed by atoms with E-state index in [2.05, 4.69) is 0 Å². The Morgan fingerprint density at radius 1 is 1.28 bits per heavy atom. The summed E-state index contributed by atoms with van der Waals surface area (Å²) in [5, 5.41) is 1.07. The van der Waals surface area contributed by atoms with Gasteiger partial charge in [-0.2, -0.15) is 0 Å². The normalized spacial score (nSPS) is 24.5. The monoisotopic (exact) mass is 240 g/mol. The van der Waals surface area contributed by atoms with Crippen LogP contribution >= 0.6 is 0 Å². The molecule has 0 spiro atoms. The van der Waals surface area contributed by atoms with Gasteiger partial charge in [0.05, 0.1) is 12.6 Å². The highest BCUT2D eigenvalue weighted by Gasteiger charge is 2.40. The van der Waals surface area contributed by atoms with Crippen LogP contribution in [-0.2, 0) is 0 Å². The molecule has 1 aromatic carbocycles. The van der Waals surface area contributed by atoms with E-state index in [4.69, 9.17) is 15.5 Å². The largest absolute Gasteiger partial charge is 0.497 e. The molecule has 92 valence electrons. The first kappa shape index (κ1) is 10.2. The van der Waals surface area contributed by atoms with Crippen molar-refractivity contribution in [3.8, 4) is 5.75 Å². The second-order valence-corrected chi connectivity index (χ2v) is 5.41. The summed E-state index contributed by atoms with van der Waals surface area (Å²) in [6, 6.07) is 5.97. The van der Waals surface area contributed by atoms with Gasteiger partial charge < -0.3 is 10.5 Å². The van der Waals surface area contributed by atoms with Gasteiger partial charge in [-0.25, -0.2) is 0 Å². The fourth-order valence-electron chi connectivity index (χ4n) is 3.66. The number of methoxy groups -OCH3 is 1. The van der Waals surface area contributed by atoms with Gasteiger partial charge in [0.2, 0.25) is 0 Å². The first-order valence-corrected chi connectivity index (χ1v) is 6.55. The first-order valence-electron chi connectivity index (χ1n) is 6.55. The van der Waals surface area contributed by atoms with Crippen LogP contribution in [0.5, 0.6) is 5.75 Å². The smallest absolute Gasteiger partial charge is 0.121 e. The minimum absolute atomic E-state index is 0.642. The van der Waals surface area contributed by atoms with Crippen LogP contribution in [0, 0.1) is 0 Å². The molecule has 0 saturated heterocycles. The molecule has 1 heterocycles. The minimum atomic E-state index is 0.642. The van der Waals surface area contributed by atoms with Crippen molar-refractivity contribution >= 4 is 16.6 Å². The molecule has 2 atom stereocenters. The lowest BCUT2D eigenvalue weighted by atomic mass is 9.93. The number of pyridine rings is 1. The Labute approximate surface area is 106 Å². The van der Waals surface area contributed by atoms with Gasteiger partial charge in [-0.05, 0) is 37.3 Å². The van der Waals surface area contributed by atoms with Gasteiger partial charge in [0, 0.05) is 34.3 Å². The van der Waals surface area contributed by atoms with Crippen molar-refractivity contribution in [2.24, 2.45) is 0 Å². The molecule has 3 heteroatoms. The van der Waals surface area contributed by atoms with Crippen molar-refractivity contribution in [2.75, 3.05) is 12.8 Å². The number of rotatable bonds is 1. The molecule has 2 aliphatic rings. The summed E-state index contributed by atoms with van der Waals surface area (Å²) in [7, 11) is 1.68.